The number of aliphatic hydroxyl groups excluding tert-OH is 1. The van der Waals surface area contributed by atoms with Crippen LogP contribution in [-0.4, -0.2) is 33.5 Å². The maximum atomic E-state index is 13.5. The molecule has 0 unspecified atom stereocenters. The van der Waals surface area contributed by atoms with Gasteiger partial charge in [0.25, 0.3) is 5.91 Å². The highest BCUT2D eigenvalue weighted by molar-refractivity contribution is 6.33. The molecule has 2 heterocycles. The summed E-state index contributed by atoms with van der Waals surface area (Å²) in [6.07, 6.45) is 2.31. The number of nitrogens with zero attached hydrogens (tertiary/aromatic N) is 2. The molecule has 7 heteroatoms. The lowest BCUT2D eigenvalue weighted by Crippen LogP contribution is -2.32. The van der Waals surface area contributed by atoms with Crippen molar-refractivity contribution >= 4 is 17.5 Å². The first-order chi connectivity index (χ1) is 11.0. The summed E-state index contributed by atoms with van der Waals surface area (Å²) in [6.45, 7) is 0.0984. The van der Waals surface area contributed by atoms with Gasteiger partial charge in [0.2, 0.25) is 0 Å². The Bertz CT molecular complexity index is 757. The summed E-state index contributed by atoms with van der Waals surface area (Å²) in [5.74, 6) is -2.33. The third kappa shape index (κ3) is 3.04. The van der Waals surface area contributed by atoms with E-state index in [1.165, 1.54) is 29.4 Å². The van der Waals surface area contributed by atoms with Crippen LogP contribution in [0.25, 0.3) is 0 Å². The number of carbonyl (C=O) groups excluding carboxylic acids is 1. The van der Waals surface area contributed by atoms with Crippen LogP contribution in [0.1, 0.15) is 28.4 Å². The molecule has 1 N–H and O–H groups in total. The normalized spacial score (nSPS) is 20.8. The zero-order valence-electron chi connectivity index (χ0n) is 11.9. The average molecular weight is 339 g/mol. The third-order valence-electron chi connectivity index (χ3n) is 3.87. The van der Waals surface area contributed by atoms with Crippen molar-refractivity contribution in [3.63, 3.8) is 0 Å². The molecule has 0 radical (unpaired) electrons. The van der Waals surface area contributed by atoms with Crippen molar-refractivity contribution in [3.05, 3.63) is 64.4 Å². The van der Waals surface area contributed by atoms with Crippen LogP contribution >= 0.6 is 11.6 Å². The van der Waals surface area contributed by atoms with Gasteiger partial charge < -0.3 is 10.0 Å². The highest BCUT2D eigenvalue weighted by atomic mass is 35.5. The largest absolute Gasteiger partial charge is 0.391 e. The van der Waals surface area contributed by atoms with Gasteiger partial charge in [-0.15, -0.1) is 0 Å². The first kappa shape index (κ1) is 15.8. The number of halogens is 3. The molecule has 1 aliphatic rings. The molecule has 0 spiro atoms. The summed E-state index contributed by atoms with van der Waals surface area (Å²) in [4.78, 5) is 17.9. The number of rotatable bonds is 2. The van der Waals surface area contributed by atoms with Gasteiger partial charge in [0.15, 0.2) is 11.6 Å². The minimum absolute atomic E-state index is 0.0984. The van der Waals surface area contributed by atoms with E-state index in [0.29, 0.717) is 5.56 Å². The standard InChI is InChI=1S/C16H13ClF2N2O2/c17-12-7-20-4-3-11(12)16(23)21-8-10(22)6-15(21)9-1-2-13(18)14(19)5-9/h1-5,7,10,15,22H,6,8H2/t10-,15-/m1/s1. The molecule has 2 aromatic rings. The molecule has 0 aliphatic carbocycles. The Kier molecular flexibility index (Phi) is 4.28. The highest BCUT2D eigenvalue weighted by Crippen LogP contribution is 2.34. The number of benzene rings is 1. The quantitative estimate of drug-likeness (QED) is 0.916. The fraction of sp³-hybridized carbons (Fsp3) is 0.250. The van der Waals surface area contributed by atoms with E-state index in [2.05, 4.69) is 4.98 Å². The van der Waals surface area contributed by atoms with Gasteiger partial charge in [-0.25, -0.2) is 8.78 Å². The molecule has 1 aromatic heterocycles. The number of aliphatic hydroxyl groups is 1. The molecule has 23 heavy (non-hydrogen) atoms. The Hall–Kier alpha value is -2.05. The van der Waals surface area contributed by atoms with E-state index >= 15 is 0 Å². The Morgan fingerprint density at radius 2 is 2.09 bits per heavy atom. The second-order valence-electron chi connectivity index (χ2n) is 5.39. The van der Waals surface area contributed by atoms with Gasteiger partial charge in [0, 0.05) is 18.9 Å². The molecule has 0 bridgehead atoms. The second-order valence-corrected chi connectivity index (χ2v) is 5.80. The van der Waals surface area contributed by atoms with Crippen LogP contribution in [0.5, 0.6) is 0 Å². The van der Waals surface area contributed by atoms with E-state index in [-0.39, 0.29) is 29.5 Å². The zero-order valence-corrected chi connectivity index (χ0v) is 12.7. The molecular weight excluding hydrogens is 326 g/mol. The summed E-state index contributed by atoms with van der Waals surface area (Å²) in [6, 6.07) is 4.41. The number of hydrogen-bond acceptors (Lipinski definition) is 3. The van der Waals surface area contributed by atoms with Crippen molar-refractivity contribution < 1.29 is 18.7 Å². The molecule has 4 nitrogen and oxygen atoms in total. The molecule has 1 fully saturated rings. The lowest BCUT2D eigenvalue weighted by Gasteiger charge is -2.25. The summed E-state index contributed by atoms with van der Waals surface area (Å²) >= 11 is 5.99. The van der Waals surface area contributed by atoms with Crippen LogP contribution < -0.4 is 0 Å². The van der Waals surface area contributed by atoms with E-state index in [9.17, 15) is 18.7 Å². The molecule has 1 amide bonds. The van der Waals surface area contributed by atoms with Crippen LogP contribution in [0.4, 0.5) is 8.78 Å². The number of likely N-dealkylation sites (tertiary alicyclic amines) is 1. The number of aromatic nitrogens is 1. The molecule has 120 valence electrons. The minimum Gasteiger partial charge on any atom is -0.391 e. The summed E-state index contributed by atoms with van der Waals surface area (Å²) in [5, 5.41) is 10.1. The van der Waals surface area contributed by atoms with Crippen molar-refractivity contribution in [2.45, 2.75) is 18.6 Å². The molecule has 3 rings (SSSR count). The van der Waals surface area contributed by atoms with Crippen molar-refractivity contribution in [3.8, 4) is 0 Å². The molecule has 2 atom stereocenters. The predicted octanol–water partition coefficient (Wildman–Crippen LogP) is 2.96. The fourth-order valence-corrected chi connectivity index (χ4v) is 2.98. The van der Waals surface area contributed by atoms with Gasteiger partial charge in [-0.3, -0.25) is 9.78 Å². The van der Waals surface area contributed by atoms with Crippen LogP contribution in [0.15, 0.2) is 36.7 Å². The maximum absolute atomic E-state index is 13.5. The molecular formula is C16H13ClF2N2O2. The van der Waals surface area contributed by atoms with Gasteiger partial charge >= 0.3 is 0 Å². The Balaban J connectivity index is 1.95. The Morgan fingerprint density at radius 3 is 2.78 bits per heavy atom. The summed E-state index contributed by atoms with van der Waals surface area (Å²) < 4.78 is 26.6. The predicted molar refractivity (Wildman–Crippen MR) is 80.0 cm³/mol. The summed E-state index contributed by atoms with van der Waals surface area (Å²) in [5.41, 5.74) is 0.683. The second kappa shape index (κ2) is 6.22. The lowest BCUT2D eigenvalue weighted by atomic mass is 10.0. The van der Waals surface area contributed by atoms with Crippen molar-refractivity contribution in [1.29, 1.82) is 0 Å². The fourth-order valence-electron chi connectivity index (χ4n) is 2.78. The monoisotopic (exact) mass is 338 g/mol. The first-order valence-corrected chi connectivity index (χ1v) is 7.38. The summed E-state index contributed by atoms with van der Waals surface area (Å²) in [7, 11) is 0. The van der Waals surface area contributed by atoms with Gasteiger partial charge in [0.05, 0.1) is 22.7 Å². The third-order valence-corrected chi connectivity index (χ3v) is 4.17. The minimum atomic E-state index is -0.988. The molecule has 1 aromatic carbocycles. The number of pyridine rings is 1. The molecule has 1 aliphatic heterocycles. The van der Waals surface area contributed by atoms with Crippen molar-refractivity contribution in [2.75, 3.05) is 6.54 Å². The Morgan fingerprint density at radius 1 is 1.30 bits per heavy atom. The maximum Gasteiger partial charge on any atom is 0.256 e. The smallest absolute Gasteiger partial charge is 0.256 e. The SMILES string of the molecule is O=C(c1ccncc1Cl)N1C[C@H](O)C[C@@H]1c1ccc(F)c(F)c1. The van der Waals surface area contributed by atoms with Crippen LogP contribution in [0, 0.1) is 11.6 Å². The Labute approximate surface area is 136 Å². The van der Waals surface area contributed by atoms with Gasteiger partial charge in [-0.05, 0) is 30.2 Å². The van der Waals surface area contributed by atoms with E-state index in [1.807, 2.05) is 0 Å². The van der Waals surface area contributed by atoms with E-state index in [1.54, 1.807) is 0 Å². The highest BCUT2D eigenvalue weighted by Gasteiger charge is 2.36. The first-order valence-electron chi connectivity index (χ1n) is 7.01. The van der Waals surface area contributed by atoms with E-state index in [0.717, 1.165) is 12.1 Å². The van der Waals surface area contributed by atoms with Gasteiger partial charge in [-0.2, -0.15) is 0 Å². The van der Waals surface area contributed by atoms with E-state index in [4.69, 9.17) is 11.6 Å². The number of hydrogen-bond donors (Lipinski definition) is 1. The molecule has 0 saturated carbocycles. The van der Waals surface area contributed by atoms with Crippen LogP contribution in [0.2, 0.25) is 5.02 Å². The number of amides is 1. The number of β-amino-alcohol motifs (C(OH)–C–C–N with tert-alkyl or cyclic N) is 1. The van der Waals surface area contributed by atoms with Gasteiger partial charge in [0.1, 0.15) is 0 Å². The van der Waals surface area contributed by atoms with Crippen LogP contribution in [0.3, 0.4) is 0 Å². The molecule has 1 saturated heterocycles. The van der Waals surface area contributed by atoms with E-state index < -0.39 is 23.8 Å². The van der Waals surface area contributed by atoms with Crippen molar-refractivity contribution in [1.82, 2.24) is 9.88 Å². The lowest BCUT2D eigenvalue weighted by molar-refractivity contribution is 0.0715. The average Bonchev–Trinajstić information content (AvgIpc) is 2.92. The number of carbonyl (C=O) groups is 1. The van der Waals surface area contributed by atoms with Crippen molar-refractivity contribution in [2.24, 2.45) is 0 Å². The van der Waals surface area contributed by atoms with Gasteiger partial charge in [-0.1, -0.05) is 17.7 Å². The topological polar surface area (TPSA) is 53.4 Å². The zero-order chi connectivity index (χ0) is 16.6. The van der Waals surface area contributed by atoms with Crippen LogP contribution in [-0.2, 0) is 0 Å².